The van der Waals surface area contributed by atoms with Gasteiger partial charge in [-0.1, -0.05) is 31.9 Å². The summed E-state index contributed by atoms with van der Waals surface area (Å²) in [6, 6.07) is 3.58. The van der Waals surface area contributed by atoms with Gasteiger partial charge in [0, 0.05) is 16.0 Å². The first-order valence-electron chi connectivity index (χ1n) is 4.26. The number of nitrogens with one attached hydrogen (secondary N) is 1. The molecule has 1 aromatic rings. The van der Waals surface area contributed by atoms with Gasteiger partial charge in [0.05, 0.1) is 4.83 Å². The van der Waals surface area contributed by atoms with Crippen molar-refractivity contribution >= 4 is 59.5 Å². The highest BCUT2D eigenvalue weighted by Gasteiger charge is 2.14. The van der Waals surface area contributed by atoms with Crippen molar-refractivity contribution in [2.24, 2.45) is 0 Å². The normalized spacial score (nSPS) is 12.2. The second-order valence-electron chi connectivity index (χ2n) is 2.80. The first-order chi connectivity index (χ1) is 7.13. The molecule has 1 amide bonds. The van der Waals surface area contributed by atoms with Crippen LogP contribution in [0, 0.1) is 0 Å². The fraction of sp³-hybridized carbons (Fsp3) is 0.333. The van der Waals surface area contributed by atoms with Crippen LogP contribution in [0.5, 0.6) is 0 Å². The van der Waals surface area contributed by atoms with Gasteiger partial charge in [-0.2, -0.15) is 0 Å². The number of alkyl halides is 2. The Bertz CT molecular complexity index is 329. The molecule has 0 saturated carbocycles. The maximum atomic E-state index is 11.6. The summed E-state index contributed by atoms with van der Waals surface area (Å²) < 4.78 is 0.886. The SMILES string of the molecule is O=C(Nc1ccc(Br)cn1)C(Br)CCBr. The van der Waals surface area contributed by atoms with Gasteiger partial charge in [0.1, 0.15) is 5.82 Å². The second-order valence-corrected chi connectivity index (χ2v) is 5.61. The van der Waals surface area contributed by atoms with Crippen molar-refractivity contribution in [2.75, 3.05) is 10.6 Å². The largest absolute Gasteiger partial charge is 0.310 e. The topological polar surface area (TPSA) is 42.0 Å². The van der Waals surface area contributed by atoms with E-state index < -0.39 is 0 Å². The number of hydrogen-bond acceptors (Lipinski definition) is 2. The average Bonchev–Trinajstić information content (AvgIpc) is 2.22. The number of nitrogens with zero attached hydrogens (tertiary/aromatic N) is 1. The summed E-state index contributed by atoms with van der Waals surface area (Å²) in [5.41, 5.74) is 0. The van der Waals surface area contributed by atoms with Crippen LogP contribution in [0.4, 0.5) is 5.82 Å². The van der Waals surface area contributed by atoms with Crippen molar-refractivity contribution in [2.45, 2.75) is 11.2 Å². The Morgan fingerprint density at radius 1 is 1.53 bits per heavy atom. The van der Waals surface area contributed by atoms with E-state index in [0.29, 0.717) is 5.82 Å². The molecule has 1 unspecified atom stereocenters. The van der Waals surface area contributed by atoms with Crippen LogP contribution in [0.3, 0.4) is 0 Å². The molecule has 0 saturated heterocycles. The molecule has 0 radical (unpaired) electrons. The molecule has 0 aromatic carbocycles. The summed E-state index contributed by atoms with van der Waals surface area (Å²) >= 11 is 9.85. The van der Waals surface area contributed by atoms with Crippen LogP contribution < -0.4 is 5.32 Å². The van der Waals surface area contributed by atoms with Gasteiger partial charge >= 0.3 is 0 Å². The van der Waals surface area contributed by atoms with Crippen molar-refractivity contribution in [3.8, 4) is 0 Å². The Kier molecular flexibility index (Phi) is 5.78. The molecule has 0 aliphatic rings. The van der Waals surface area contributed by atoms with Crippen LogP contribution in [-0.2, 0) is 4.79 Å². The zero-order valence-electron chi connectivity index (χ0n) is 7.71. The quantitative estimate of drug-likeness (QED) is 0.788. The van der Waals surface area contributed by atoms with E-state index in [1.807, 2.05) is 6.07 Å². The van der Waals surface area contributed by atoms with Gasteiger partial charge in [0.25, 0.3) is 0 Å². The molecule has 6 heteroatoms. The van der Waals surface area contributed by atoms with E-state index in [-0.39, 0.29) is 10.7 Å². The first kappa shape index (κ1) is 13.1. The van der Waals surface area contributed by atoms with Crippen LogP contribution in [0.2, 0.25) is 0 Å². The van der Waals surface area contributed by atoms with E-state index in [4.69, 9.17) is 0 Å². The highest BCUT2D eigenvalue weighted by molar-refractivity contribution is 9.10. The lowest BCUT2D eigenvalue weighted by Gasteiger charge is -2.08. The highest BCUT2D eigenvalue weighted by Crippen LogP contribution is 2.13. The maximum Gasteiger partial charge on any atom is 0.239 e. The van der Waals surface area contributed by atoms with Crippen molar-refractivity contribution in [1.82, 2.24) is 4.98 Å². The standard InChI is InChI=1S/C9H9Br3N2O/c10-4-3-7(12)9(15)14-8-2-1-6(11)5-13-8/h1-2,5,7H,3-4H2,(H,13,14,15). The minimum atomic E-state index is -0.192. The Balaban J connectivity index is 2.54. The number of amides is 1. The van der Waals surface area contributed by atoms with E-state index in [2.05, 4.69) is 58.1 Å². The third-order valence-corrected chi connectivity index (χ3v) is 3.43. The Labute approximate surface area is 113 Å². The molecule has 1 rings (SSSR count). The van der Waals surface area contributed by atoms with Crippen molar-refractivity contribution < 1.29 is 4.79 Å². The fourth-order valence-corrected chi connectivity index (χ4v) is 2.53. The number of rotatable bonds is 4. The minimum Gasteiger partial charge on any atom is -0.310 e. The molecule has 15 heavy (non-hydrogen) atoms. The highest BCUT2D eigenvalue weighted by atomic mass is 79.9. The van der Waals surface area contributed by atoms with E-state index in [1.165, 1.54) is 0 Å². The Morgan fingerprint density at radius 2 is 2.27 bits per heavy atom. The number of halogens is 3. The second kappa shape index (κ2) is 6.60. The van der Waals surface area contributed by atoms with Crippen LogP contribution in [0.25, 0.3) is 0 Å². The molecule has 1 heterocycles. The first-order valence-corrected chi connectivity index (χ1v) is 7.09. The van der Waals surface area contributed by atoms with Crippen LogP contribution in [-0.4, -0.2) is 21.0 Å². The summed E-state index contributed by atoms with van der Waals surface area (Å²) in [5.74, 6) is 0.478. The molecule has 1 atom stereocenters. The van der Waals surface area contributed by atoms with Crippen LogP contribution in [0.1, 0.15) is 6.42 Å². The molecule has 1 aromatic heterocycles. The van der Waals surface area contributed by atoms with E-state index in [1.54, 1.807) is 12.3 Å². The van der Waals surface area contributed by atoms with Gasteiger partial charge in [-0.25, -0.2) is 4.98 Å². The molecular weight excluding hydrogens is 392 g/mol. The smallest absolute Gasteiger partial charge is 0.239 e. The summed E-state index contributed by atoms with van der Waals surface area (Å²) in [5, 5.41) is 3.50. The summed E-state index contributed by atoms with van der Waals surface area (Å²) in [6.45, 7) is 0. The minimum absolute atomic E-state index is 0.0794. The van der Waals surface area contributed by atoms with Crippen molar-refractivity contribution in [3.63, 3.8) is 0 Å². The van der Waals surface area contributed by atoms with Crippen molar-refractivity contribution in [1.29, 1.82) is 0 Å². The number of pyridine rings is 1. The number of aromatic nitrogens is 1. The molecule has 0 spiro atoms. The predicted octanol–water partition coefficient (Wildman–Crippen LogP) is 3.33. The van der Waals surface area contributed by atoms with E-state index in [0.717, 1.165) is 16.2 Å². The molecule has 0 bridgehead atoms. The van der Waals surface area contributed by atoms with Gasteiger partial charge in [0.2, 0.25) is 5.91 Å². The van der Waals surface area contributed by atoms with Gasteiger partial charge in [0.15, 0.2) is 0 Å². The number of carbonyl (C=O) groups excluding carboxylic acids is 1. The molecule has 0 aliphatic carbocycles. The Morgan fingerprint density at radius 3 is 2.80 bits per heavy atom. The maximum absolute atomic E-state index is 11.6. The van der Waals surface area contributed by atoms with E-state index >= 15 is 0 Å². The summed E-state index contributed by atoms with van der Waals surface area (Å²) in [6.07, 6.45) is 2.38. The summed E-state index contributed by atoms with van der Waals surface area (Å²) in [7, 11) is 0. The number of carbonyl (C=O) groups is 1. The zero-order chi connectivity index (χ0) is 11.3. The average molecular weight is 401 g/mol. The molecule has 82 valence electrons. The van der Waals surface area contributed by atoms with Gasteiger partial charge in [-0.15, -0.1) is 0 Å². The fourth-order valence-electron chi connectivity index (χ4n) is 0.881. The van der Waals surface area contributed by atoms with Gasteiger partial charge in [-0.05, 0) is 34.5 Å². The van der Waals surface area contributed by atoms with Crippen molar-refractivity contribution in [3.05, 3.63) is 22.8 Å². The lowest BCUT2D eigenvalue weighted by molar-refractivity contribution is -0.115. The lowest BCUT2D eigenvalue weighted by Crippen LogP contribution is -2.23. The monoisotopic (exact) mass is 398 g/mol. The number of hydrogen-bond donors (Lipinski definition) is 1. The third-order valence-electron chi connectivity index (χ3n) is 1.63. The van der Waals surface area contributed by atoms with Gasteiger partial charge in [-0.3, -0.25) is 4.79 Å². The van der Waals surface area contributed by atoms with Crippen LogP contribution >= 0.6 is 47.8 Å². The molecule has 0 fully saturated rings. The zero-order valence-corrected chi connectivity index (χ0v) is 12.5. The lowest BCUT2D eigenvalue weighted by atomic mass is 10.3. The number of anilines is 1. The molecule has 0 aliphatic heterocycles. The van der Waals surface area contributed by atoms with Gasteiger partial charge < -0.3 is 5.32 Å². The third kappa shape index (κ3) is 4.61. The molecular formula is C9H9Br3N2O. The molecule has 3 nitrogen and oxygen atoms in total. The van der Waals surface area contributed by atoms with E-state index in [9.17, 15) is 4.79 Å². The summed E-state index contributed by atoms with van der Waals surface area (Å²) in [4.78, 5) is 15.4. The predicted molar refractivity (Wildman–Crippen MR) is 71.7 cm³/mol. The van der Waals surface area contributed by atoms with Crippen LogP contribution in [0.15, 0.2) is 22.8 Å². The molecule has 1 N–H and O–H groups in total. The Hall–Kier alpha value is 0.0600.